The van der Waals surface area contributed by atoms with Crippen LogP contribution in [0, 0.1) is 5.41 Å². The van der Waals surface area contributed by atoms with Gasteiger partial charge in [0.15, 0.2) is 5.75 Å². The number of hydrogen-bond donors (Lipinski definition) is 2. The van der Waals surface area contributed by atoms with Gasteiger partial charge in [0.2, 0.25) is 11.8 Å². The Bertz CT molecular complexity index is 810. The number of benzene rings is 2. The van der Waals surface area contributed by atoms with Gasteiger partial charge in [0.25, 0.3) is 0 Å². The van der Waals surface area contributed by atoms with Crippen molar-refractivity contribution in [1.82, 2.24) is 5.32 Å². The van der Waals surface area contributed by atoms with E-state index in [4.69, 9.17) is 9.47 Å². The van der Waals surface area contributed by atoms with E-state index < -0.39 is 11.5 Å². The molecule has 2 N–H and O–H groups in total. The molecule has 0 aliphatic carbocycles. The molecule has 1 atom stereocenters. The van der Waals surface area contributed by atoms with Gasteiger partial charge in [-0.25, -0.2) is 0 Å². The van der Waals surface area contributed by atoms with Crippen molar-refractivity contribution < 1.29 is 19.1 Å². The number of ether oxygens (including phenoxy) is 2. The maximum Gasteiger partial charge on any atom is 0.246 e. The van der Waals surface area contributed by atoms with E-state index in [1.54, 1.807) is 58.0 Å². The van der Waals surface area contributed by atoms with E-state index in [2.05, 4.69) is 10.6 Å². The molecule has 6 nitrogen and oxygen atoms in total. The molecule has 150 valence electrons. The second-order valence-corrected chi connectivity index (χ2v) is 7.44. The van der Waals surface area contributed by atoms with Gasteiger partial charge in [-0.2, -0.15) is 0 Å². The van der Waals surface area contributed by atoms with Crippen LogP contribution < -0.4 is 20.1 Å². The van der Waals surface area contributed by atoms with Crippen molar-refractivity contribution in [3.63, 3.8) is 0 Å². The van der Waals surface area contributed by atoms with Crippen molar-refractivity contribution in [2.75, 3.05) is 11.9 Å². The third-order valence-electron chi connectivity index (χ3n) is 3.93. The Hall–Kier alpha value is -3.02. The summed E-state index contributed by atoms with van der Waals surface area (Å²) in [6.45, 7) is 9.56. The van der Waals surface area contributed by atoms with Crippen LogP contribution in [-0.4, -0.2) is 24.5 Å². The normalized spacial score (nSPS) is 12.0. The molecule has 0 aliphatic heterocycles. The van der Waals surface area contributed by atoms with Crippen molar-refractivity contribution in [2.45, 2.75) is 40.7 Å². The zero-order valence-electron chi connectivity index (χ0n) is 17.0. The number of anilines is 1. The average molecular weight is 384 g/mol. The van der Waals surface area contributed by atoms with E-state index in [1.807, 2.05) is 25.1 Å². The molecule has 6 heteroatoms. The molecule has 0 aliphatic rings. The molecule has 28 heavy (non-hydrogen) atoms. The molecule has 0 radical (unpaired) electrons. The van der Waals surface area contributed by atoms with Crippen LogP contribution in [0.15, 0.2) is 48.5 Å². The number of hydrogen-bond acceptors (Lipinski definition) is 4. The van der Waals surface area contributed by atoms with Gasteiger partial charge in [0.05, 0.1) is 12.3 Å². The van der Waals surface area contributed by atoms with E-state index in [0.717, 1.165) is 5.75 Å². The summed E-state index contributed by atoms with van der Waals surface area (Å²) in [4.78, 5) is 24.6. The average Bonchev–Trinajstić information content (AvgIpc) is 2.64. The van der Waals surface area contributed by atoms with Gasteiger partial charge < -0.3 is 20.1 Å². The monoisotopic (exact) mass is 384 g/mol. The topological polar surface area (TPSA) is 76.7 Å². The minimum Gasteiger partial charge on any atom is -0.494 e. The van der Waals surface area contributed by atoms with Gasteiger partial charge >= 0.3 is 0 Å². The van der Waals surface area contributed by atoms with Crippen LogP contribution in [0.5, 0.6) is 17.2 Å². The highest BCUT2D eigenvalue weighted by Gasteiger charge is 2.25. The Balaban J connectivity index is 2.06. The SMILES string of the molecule is CCOc1ccc(Oc2ccccc2NC(=O)C(C)NC(=O)C(C)(C)C)cc1. The molecular weight excluding hydrogens is 356 g/mol. The van der Waals surface area contributed by atoms with E-state index in [-0.39, 0.29) is 11.8 Å². The summed E-state index contributed by atoms with van der Waals surface area (Å²) in [6, 6.07) is 13.7. The highest BCUT2D eigenvalue weighted by molar-refractivity contribution is 5.98. The van der Waals surface area contributed by atoms with Gasteiger partial charge in [0, 0.05) is 5.41 Å². The molecule has 2 rings (SSSR count). The molecule has 0 saturated carbocycles. The number of rotatable bonds is 7. The lowest BCUT2D eigenvalue weighted by molar-refractivity contribution is -0.131. The molecular formula is C22H28N2O4. The van der Waals surface area contributed by atoms with Crippen LogP contribution in [-0.2, 0) is 9.59 Å². The summed E-state index contributed by atoms with van der Waals surface area (Å²) in [5, 5.41) is 5.54. The van der Waals surface area contributed by atoms with Crippen LogP contribution in [0.3, 0.4) is 0 Å². The first-order valence-corrected chi connectivity index (χ1v) is 9.32. The third kappa shape index (κ3) is 6.01. The van der Waals surface area contributed by atoms with Crippen LogP contribution in [0.4, 0.5) is 5.69 Å². The number of carbonyl (C=O) groups excluding carboxylic acids is 2. The van der Waals surface area contributed by atoms with Gasteiger partial charge in [-0.3, -0.25) is 9.59 Å². The third-order valence-corrected chi connectivity index (χ3v) is 3.93. The van der Waals surface area contributed by atoms with E-state index in [9.17, 15) is 9.59 Å². The molecule has 2 aromatic carbocycles. The van der Waals surface area contributed by atoms with Crippen molar-refractivity contribution >= 4 is 17.5 Å². The second kappa shape index (κ2) is 9.26. The van der Waals surface area contributed by atoms with E-state index >= 15 is 0 Å². The summed E-state index contributed by atoms with van der Waals surface area (Å²) in [7, 11) is 0. The van der Waals surface area contributed by atoms with Crippen LogP contribution in [0.2, 0.25) is 0 Å². The highest BCUT2D eigenvalue weighted by Crippen LogP contribution is 2.30. The first-order valence-electron chi connectivity index (χ1n) is 9.32. The predicted molar refractivity (Wildman–Crippen MR) is 110 cm³/mol. The van der Waals surface area contributed by atoms with Crippen LogP contribution in [0.1, 0.15) is 34.6 Å². The summed E-state index contributed by atoms with van der Waals surface area (Å²) >= 11 is 0. The number of carbonyl (C=O) groups is 2. The number of amides is 2. The molecule has 1 unspecified atom stereocenters. The molecule has 0 fully saturated rings. The lowest BCUT2D eigenvalue weighted by Gasteiger charge is -2.22. The quantitative estimate of drug-likeness (QED) is 0.743. The second-order valence-electron chi connectivity index (χ2n) is 7.44. The first-order chi connectivity index (χ1) is 13.2. The minimum atomic E-state index is -0.676. The number of nitrogens with one attached hydrogen (secondary N) is 2. The Kier molecular flexibility index (Phi) is 7.04. The van der Waals surface area contributed by atoms with Crippen molar-refractivity contribution in [1.29, 1.82) is 0 Å². The van der Waals surface area contributed by atoms with E-state index in [1.165, 1.54) is 0 Å². The Morgan fingerprint density at radius 3 is 2.21 bits per heavy atom. The fourth-order valence-electron chi connectivity index (χ4n) is 2.28. The predicted octanol–water partition coefficient (Wildman–Crippen LogP) is 4.37. The van der Waals surface area contributed by atoms with E-state index in [0.29, 0.717) is 23.8 Å². The fourth-order valence-corrected chi connectivity index (χ4v) is 2.28. The lowest BCUT2D eigenvalue weighted by Crippen LogP contribution is -2.46. The lowest BCUT2D eigenvalue weighted by atomic mass is 9.95. The molecule has 2 aromatic rings. The molecule has 0 heterocycles. The zero-order chi connectivity index (χ0) is 20.7. The number of para-hydroxylation sites is 2. The molecule has 2 amide bonds. The molecule has 0 spiro atoms. The summed E-state index contributed by atoms with van der Waals surface area (Å²) in [5.74, 6) is 1.39. The van der Waals surface area contributed by atoms with Gasteiger partial charge in [-0.05, 0) is 50.2 Å². The van der Waals surface area contributed by atoms with Crippen molar-refractivity contribution in [3.8, 4) is 17.2 Å². The van der Waals surface area contributed by atoms with Crippen LogP contribution >= 0.6 is 0 Å². The zero-order valence-corrected chi connectivity index (χ0v) is 17.0. The Labute approximate surface area is 166 Å². The fraction of sp³-hybridized carbons (Fsp3) is 0.364. The molecule has 0 bridgehead atoms. The van der Waals surface area contributed by atoms with Crippen molar-refractivity contribution in [2.24, 2.45) is 5.41 Å². The summed E-state index contributed by atoms with van der Waals surface area (Å²) in [5.41, 5.74) is -0.0401. The van der Waals surface area contributed by atoms with Crippen LogP contribution in [0.25, 0.3) is 0 Å². The summed E-state index contributed by atoms with van der Waals surface area (Å²) < 4.78 is 11.3. The maximum atomic E-state index is 12.5. The van der Waals surface area contributed by atoms with Gasteiger partial charge in [-0.15, -0.1) is 0 Å². The first kappa shape index (κ1) is 21.3. The summed E-state index contributed by atoms with van der Waals surface area (Å²) in [6.07, 6.45) is 0. The van der Waals surface area contributed by atoms with Crippen molar-refractivity contribution in [3.05, 3.63) is 48.5 Å². The Morgan fingerprint density at radius 1 is 1.00 bits per heavy atom. The standard InChI is InChI=1S/C22H28N2O4/c1-6-27-16-11-13-17(14-12-16)28-19-10-8-7-9-18(19)24-20(25)15(2)23-21(26)22(3,4)5/h7-15H,6H2,1-5H3,(H,23,26)(H,24,25). The molecule has 0 aromatic heterocycles. The van der Waals surface area contributed by atoms with Gasteiger partial charge in [-0.1, -0.05) is 32.9 Å². The van der Waals surface area contributed by atoms with Gasteiger partial charge in [0.1, 0.15) is 17.5 Å². The smallest absolute Gasteiger partial charge is 0.246 e. The maximum absolute atomic E-state index is 12.5. The highest BCUT2D eigenvalue weighted by atomic mass is 16.5. The largest absolute Gasteiger partial charge is 0.494 e. The minimum absolute atomic E-state index is 0.186. The Morgan fingerprint density at radius 2 is 1.61 bits per heavy atom. The molecule has 0 saturated heterocycles.